The van der Waals surface area contributed by atoms with E-state index < -0.39 is 18.5 Å². The van der Waals surface area contributed by atoms with Crippen LogP contribution in [0.2, 0.25) is 0 Å². The summed E-state index contributed by atoms with van der Waals surface area (Å²) >= 11 is 1.30. The van der Waals surface area contributed by atoms with E-state index in [9.17, 15) is 14.4 Å². The number of methoxy groups -OCH3 is 1. The Hall–Kier alpha value is -3.53. The van der Waals surface area contributed by atoms with Crippen molar-refractivity contribution < 1.29 is 23.9 Å². The fraction of sp³-hybridized carbons (Fsp3) is 0.318. The molecule has 2 aromatic heterocycles. The van der Waals surface area contributed by atoms with E-state index >= 15 is 0 Å². The minimum absolute atomic E-state index is 0.269. The van der Waals surface area contributed by atoms with E-state index in [4.69, 9.17) is 9.47 Å². The van der Waals surface area contributed by atoms with Crippen LogP contribution < -0.4 is 5.32 Å². The van der Waals surface area contributed by atoms with Gasteiger partial charge in [0.15, 0.2) is 11.7 Å². The summed E-state index contributed by atoms with van der Waals surface area (Å²) in [6.07, 6.45) is 0.821. The molecule has 0 aliphatic heterocycles. The highest BCUT2D eigenvalue weighted by atomic mass is 32.1. The van der Waals surface area contributed by atoms with Gasteiger partial charge in [-0.05, 0) is 57.0 Å². The number of thiazole rings is 1. The maximum Gasteiger partial charge on any atom is 0.338 e. The number of nitrogens with one attached hydrogen (secondary N) is 1. The first-order valence-corrected chi connectivity index (χ1v) is 10.8. The van der Waals surface area contributed by atoms with Crippen molar-refractivity contribution in [1.82, 2.24) is 14.8 Å². The van der Waals surface area contributed by atoms with Gasteiger partial charge < -0.3 is 9.47 Å². The molecule has 3 aromatic rings. The van der Waals surface area contributed by atoms with Crippen LogP contribution in [-0.4, -0.2) is 46.3 Å². The third kappa shape index (κ3) is 5.58. The van der Waals surface area contributed by atoms with Crippen molar-refractivity contribution >= 4 is 34.3 Å². The fourth-order valence-corrected chi connectivity index (χ4v) is 3.84. The molecule has 0 saturated carbocycles. The Balaban J connectivity index is 1.61. The largest absolute Gasteiger partial charge is 0.469 e. The monoisotopic (exact) mass is 456 g/mol. The third-order valence-electron chi connectivity index (χ3n) is 4.80. The maximum atomic E-state index is 12.3. The van der Waals surface area contributed by atoms with Crippen molar-refractivity contribution in [2.24, 2.45) is 0 Å². The summed E-state index contributed by atoms with van der Waals surface area (Å²) in [4.78, 5) is 39.8. The lowest BCUT2D eigenvalue weighted by atomic mass is 10.1. The standard InChI is InChI=1S/C22H24N4O5S/c1-13-12-32-22(23-13)24-19(27)11-31-21(29)16-5-7-17(8-6-16)26-15(3)18(14(2)25-26)9-10-20(28)30-4/h5-8,12H,9-11H2,1-4H3,(H,23,24,27). The molecule has 10 heteroatoms. The van der Waals surface area contributed by atoms with Crippen LogP contribution in [0, 0.1) is 20.8 Å². The number of aromatic nitrogens is 3. The van der Waals surface area contributed by atoms with Crippen LogP contribution >= 0.6 is 11.3 Å². The van der Waals surface area contributed by atoms with Gasteiger partial charge in [-0.3, -0.25) is 14.9 Å². The molecule has 1 aromatic carbocycles. The summed E-state index contributed by atoms with van der Waals surface area (Å²) in [5.41, 5.74) is 4.62. The number of esters is 2. The summed E-state index contributed by atoms with van der Waals surface area (Å²) in [5.74, 6) is -1.32. The summed E-state index contributed by atoms with van der Waals surface area (Å²) < 4.78 is 11.6. The zero-order valence-corrected chi connectivity index (χ0v) is 19.1. The Labute approximate surface area is 189 Å². The first kappa shape index (κ1) is 23.1. The van der Waals surface area contributed by atoms with E-state index in [1.165, 1.54) is 18.4 Å². The molecular formula is C22H24N4O5S. The maximum absolute atomic E-state index is 12.3. The number of ether oxygens (including phenoxy) is 2. The first-order valence-electron chi connectivity index (χ1n) is 9.90. The molecule has 0 bridgehead atoms. The fourth-order valence-electron chi connectivity index (χ4n) is 3.14. The molecule has 3 rings (SSSR count). The zero-order chi connectivity index (χ0) is 23.3. The number of carbonyl (C=O) groups is 3. The third-order valence-corrected chi connectivity index (χ3v) is 5.67. The summed E-state index contributed by atoms with van der Waals surface area (Å²) in [6.45, 7) is 5.24. The highest BCUT2D eigenvalue weighted by molar-refractivity contribution is 7.13. The first-order chi connectivity index (χ1) is 15.3. The molecular weight excluding hydrogens is 432 g/mol. The van der Waals surface area contributed by atoms with Gasteiger partial charge in [0.05, 0.1) is 29.7 Å². The van der Waals surface area contributed by atoms with Crippen molar-refractivity contribution in [2.45, 2.75) is 33.6 Å². The van der Waals surface area contributed by atoms with Crippen molar-refractivity contribution in [1.29, 1.82) is 0 Å². The second-order valence-electron chi connectivity index (χ2n) is 7.10. The number of anilines is 1. The van der Waals surface area contributed by atoms with E-state index in [1.807, 2.05) is 26.2 Å². The van der Waals surface area contributed by atoms with Gasteiger partial charge in [-0.15, -0.1) is 11.3 Å². The zero-order valence-electron chi connectivity index (χ0n) is 18.3. The van der Waals surface area contributed by atoms with Crippen LogP contribution in [0.5, 0.6) is 0 Å². The predicted octanol–water partition coefficient (Wildman–Crippen LogP) is 3.16. The lowest BCUT2D eigenvalue weighted by molar-refractivity contribution is -0.140. The minimum Gasteiger partial charge on any atom is -0.469 e. The second kappa shape index (κ2) is 10.2. The molecule has 0 fully saturated rings. The van der Waals surface area contributed by atoms with Gasteiger partial charge in [-0.25, -0.2) is 14.5 Å². The summed E-state index contributed by atoms with van der Waals surface area (Å²) in [6, 6.07) is 6.73. The highest BCUT2D eigenvalue weighted by Crippen LogP contribution is 2.20. The van der Waals surface area contributed by atoms with E-state index in [0.717, 1.165) is 28.3 Å². The summed E-state index contributed by atoms with van der Waals surface area (Å²) in [5, 5.41) is 9.41. The van der Waals surface area contributed by atoms with Crippen LogP contribution in [0.3, 0.4) is 0 Å². The van der Waals surface area contributed by atoms with Crippen LogP contribution in [0.1, 0.15) is 39.4 Å². The van der Waals surface area contributed by atoms with Gasteiger partial charge in [-0.1, -0.05) is 0 Å². The molecule has 1 N–H and O–H groups in total. The molecule has 0 aliphatic rings. The Morgan fingerprint density at radius 3 is 2.47 bits per heavy atom. The molecule has 0 unspecified atom stereocenters. The second-order valence-corrected chi connectivity index (χ2v) is 7.96. The number of hydrogen-bond acceptors (Lipinski definition) is 8. The van der Waals surface area contributed by atoms with Gasteiger partial charge >= 0.3 is 11.9 Å². The Kier molecular flexibility index (Phi) is 7.37. The average molecular weight is 457 g/mol. The van der Waals surface area contributed by atoms with E-state index in [2.05, 4.69) is 15.4 Å². The molecule has 1 amide bonds. The number of benzene rings is 1. The Morgan fingerprint density at radius 2 is 1.84 bits per heavy atom. The quantitative estimate of drug-likeness (QED) is 0.518. The number of carbonyl (C=O) groups excluding carboxylic acids is 3. The van der Waals surface area contributed by atoms with Crippen molar-refractivity contribution in [3.05, 3.63) is 57.9 Å². The van der Waals surface area contributed by atoms with Crippen LogP contribution in [-0.2, 0) is 25.5 Å². The van der Waals surface area contributed by atoms with E-state index in [0.29, 0.717) is 17.1 Å². The number of aryl methyl sites for hydroxylation is 2. The SMILES string of the molecule is COC(=O)CCc1c(C)nn(-c2ccc(C(=O)OCC(=O)Nc3nc(C)cs3)cc2)c1C. The van der Waals surface area contributed by atoms with Crippen molar-refractivity contribution in [3.8, 4) is 5.69 Å². The van der Waals surface area contributed by atoms with Crippen LogP contribution in [0.25, 0.3) is 5.69 Å². The molecule has 9 nitrogen and oxygen atoms in total. The molecule has 32 heavy (non-hydrogen) atoms. The molecule has 0 spiro atoms. The van der Waals surface area contributed by atoms with Gasteiger partial charge in [0.2, 0.25) is 0 Å². The number of nitrogens with zero attached hydrogens (tertiary/aromatic N) is 3. The van der Waals surface area contributed by atoms with Crippen molar-refractivity contribution in [2.75, 3.05) is 19.0 Å². The van der Waals surface area contributed by atoms with Crippen molar-refractivity contribution in [3.63, 3.8) is 0 Å². The number of amides is 1. The lowest BCUT2D eigenvalue weighted by Gasteiger charge is -2.08. The number of hydrogen-bond donors (Lipinski definition) is 1. The molecule has 168 valence electrons. The smallest absolute Gasteiger partial charge is 0.338 e. The number of rotatable bonds is 8. The average Bonchev–Trinajstić information content (AvgIpc) is 3.32. The van der Waals surface area contributed by atoms with Gasteiger partial charge in [0.25, 0.3) is 5.91 Å². The van der Waals surface area contributed by atoms with Gasteiger partial charge in [0.1, 0.15) is 0 Å². The van der Waals surface area contributed by atoms with Crippen LogP contribution in [0.15, 0.2) is 29.6 Å². The molecule has 0 saturated heterocycles. The molecule has 0 radical (unpaired) electrons. The lowest BCUT2D eigenvalue weighted by Crippen LogP contribution is -2.20. The molecule has 0 aliphatic carbocycles. The summed E-state index contributed by atoms with van der Waals surface area (Å²) in [7, 11) is 1.37. The Bertz CT molecular complexity index is 1130. The highest BCUT2D eigenvalue weighted by Gasteiger charge is 2.16. The Morgan fingerprint density at radius 1 is 1.12 bits per heavy atom. The van der Waals surface area contributed by atoms with E-state index in [-0.39, 0.29) is 12.4 Å². The van der Waals surface area contributed by atoms with Gasteiger partial charge in [0, 0.05) is 17.5 Å². The topological polar surface area (TPSA) is 112 Å². The normalized spacial score (nSPS) is 10.6. The molecule has 0 atom stereocenters. The minimum atomic E-state index is -0.603. The molecule has 2 heterocycles. The van der Waals surface area contributed by atoms with Crippen LogP contribution in [0.4, 0.5) is 5.13 Å². The predicted molar refractivity (Wildman–Crippen MR) is 119 cm³/mol. The van der Waals surface area contributed by atoms with Gasteiger partial charge in [-0.2, -0.15) is 5.10 Å². The van der Waals surface area contributed by atoms with E-state index in [1.54, 1.807) is 28.9 Å².